The molecule has 2 aliphatic carbocycles. The summed E-state index contributed by atoms with van der Waals surface area (Å²) in [5.41, 5.74) is 7.54. The molecule has 1 aromatic rings. The molecular formula is C20H26ClN3O3S. The molecule has 6 nitrogen and oxygen atoms in total. The van der Waals surface area contributed by atoms with Gasteiger partial charge in [0.25, 0.3) is 11.1 Å². The minimum absolute atomic E-state index is 0. The van der Waals surface area contributed by atoms with E-state index in [0.29, 0.717) is 17.4 Å². The lowest BCUT2D eigenvalue weighted by Crippen LogP contribution is -2.53. The first-order valence-electron chi connectivity index (χ1n) is 9.64. The quantitative estimate of drug-likeness (QED) is 0.776. The molecule has 1 heterocycles. The number of nitrogens with zero attached hydrogens (tertiary/aromatic N) is 1. The van der Waals surface area contributed by atoms with Crippen LogP contribution in [0, 0.1) is 11.8 Å². The number of nitrogens with one attached hydrogen (secondary N) is 1. The number of imide groups is 1. The highest BCUT2D eigenvalue weighted by atomic mass is 35.5. The van der Waals surface area contributed by atoms with Crippen molar-refractivity contribution in [1.82, 2.24) is 10.2 Å². The van der Waals surface area contributed by atoms with Crippen molar-refractivity contribution in [3.63, 3.8) is 0 Å². The van der Waals surface area contributed by atoms with Gasteiger partial charge in [-0.05, 0) is 55.2 Å². The number of hydrogen-bond donors (Lipinski definition) is 2. The van der Waals surface area contributed by atoms with Crippen molar-refractivity contribution < 1.29 is 14.4 Å². The van der Waals surface area contributed by atoms with Crippen LogP contribution in [0.25, 0.3) is 0 Å². The zero-order chi connectivity index (χ0) is 19.0. The van der Waals surface area contributed by atoms with Gasteiger partial charge in [0.1, 0.15) is 0 Å². The molecular weight excluding hydrogens is 398 g/mol. The molecule has 3 N–H and O–H groups in total. The number of halogens is 1. The Bertz CT molecular complexity index is 745. The van der Waals surface area contributed by atoms with E-state index in [4.69, 9.17) is 5.73 Å². The molecule has 2 unspecified atom stereocenters. The summed E-state index contributed by atoms with van der Waals surface area (Å²) in [7, 11) is 0. The number of carbonyl (C=O) groups excluding carboxylic acids is 3. The second kappa shape index (κ2) is 8.84. The summed E-state index contributed by atoms with van der Waals surface area (Å²) >= 11 is 1.02. The lowest BCUT2D eigenvalue weighted by molar-refractivity contribution is -0.125. The van der Waals surface area contributed by atoms with Crippen LogP contribution in [-0.2, 0) is 11.3 Å². The predicted molar refractivity (Wildman–Crippen MR) is 111 cm³/mol. The minimum atomic E-state index is -0.221. The number of amides is 3. The Hall–Kier alpha value is -1.57. The number of thioether (sulfide) groups is 1. The average Bonchev–Trinajstić information content (AvgIpc) is 2.95. The number of nitrogens with two attached hydrogens (primary N) is 1. The zero-order valence-electron chi connectivity index (χ0n) is 15.6. The third-order valence-electron chi connectivity index (χ3n) is 6.04. The Morgan fingerprint density at radius 3 is 2.57 bits per heavy atom. The van der Waals surface area contributed by atoms with Crippen molar-refractivity contribution >= 4 is 41.2 Å². The topological polar surface area (TPSA) is 92.5 Å². The first kappa shape index (κ1) is 21.1. The van der Waals surface area contributed by atoms with Crippen LogP contribution >= 0.6 is 24.2 Å². The Labute approximate surface area is 175 Å². The van der Waals surface area contributed by atoms with E-state index in [2.05, 4.69) is 5.32 Å². The fourth-order valence-electron chi connectivity index (χ4n) is 4.79. The van der Waals surface area contributed by atoms with Crippen molar-refractivity contribution in [2.75, 3.05) is 5.75 Å². The largest absolute Gasteiger partial charge is 0.349 e. The number of fused-ring (bicyclic) bond motifs is 2. The van der Waals surface area contributed by atoms with Crippen LogP contribution < -0.4 is 11.1 Å². The van der Waals surface area contributed by atoms with E-state index in [1.54, 1.807) is 18.2 Å². The van der Waals surface area contributed by atoms with Gasteiger partial charge in [-0.15, -0.1) is 12.4 Å². The van der Waals surface area contributed by atoms with Crippen LogP contribution in [-0.4, -0.2) is 39.8 Å². The summed E-state index contributed by atoms with van der Waals surface area (Å²) in [6, 6.07) is 7.67. The standard InChI is InChI=1S/C20H25N3O3S.ClH/c21-16-8-13-4-2-5-14(9-16)18(13)22-19(25)15-6-1-3-12(7-15)10-23-17(24)11-27-20(23)26;/h1,3,6-7,13-14,16,18H,2,4-5,8-11,21H2,(H,22,25);1H. The van der Waals surface area contributed by atoms with Crippen molar-refractivity contribution in [3.8, 4) is 0 Å². The van der Waals surface area contributed by atoms with Crippen LogP contribution in [0.4, 0.5) is 4.79 Å². The van der Waals surface area contributed by atoms with Crippen LogP contribution in [0.1, 0.15) is 48.0 Å². The van der Waals surface area contributed by atoms with Gasteiger partial charge in [-0.2, -0.15) is 0 Å². The Morgan fingerprint density at radius 2 is 1.93 bits per heavy atom. The second-order valence-corrected chi connectivity index (χ2v) is 8.84. The van der Waals surface area contributed by atoms with Crippen LogP contribution in [0.15, 0.2) is 24.3 Å². The fraction of sp³-hybridized carbons (Fsp3) is 0.550. The molecule has 1 aromatic carbocycles. The molecule has 28 heavy (non-hydrogen) atoms. The van der Waals surface area contributed by atoms with Gasteiger partial charge in [0.05, 0.1) is 12.3 Å². The Balaban J connectivity index is 0.00000225. The molecule has 3 amide bonds. The lowest BCUT2D eigenvalue weighted by atomic mass is 9.67. The third kappa shape index (κ3) is 4.36. The first-order valence-corrected chi connectivity index (χ1v) is 10.6. The second-order valence-electron chi connectivity index (χ2n) is 7.92. The minimum Gasteiger partial charge on any atom is -0.349 e. The molecule has 2 bridgehead atoms. The maximum atomic E-state index is 12.8. The van der Waals surface area contributed by atoms with Crippen LogP contribution in [0.5, 0.6) is 0 Å². The van der Waals surface area contributed by atoms with E-state index < -0.39 is 0 Å². The summed E-state index contributed by atoms with van der Waals surface area (Å²) in [5, 5.41) is 3.03. The van der Waals surface area contributed by atoms with Gasteiger partial charge in [-0.3, -0.25) is 19.3 Å². The maximum Gasteiger partial charge on any atom is 0.289 e. The van der Waals surface area contributed by atoms with Crippen molar-refractivity contribution in [3.05, 3.63) is 35.4 Å². The number of hydrogen-bond acceptors (Lipinski definition) is 5. The van der Waals surface area contributed by atoms with E-state index >= 15 is 0 Å². The molecule has 0 spiro atoms. The van der Waals surface area contributed by atoms with Gasteiger partial charge in [-0.25, -0.2) is 0 Å². The monoisotopic (exact) mass is 423 g/mol. The van der Waals surface area contributed by atoms with Crippen molar-refractivity contribution in [2.24, 2.45) is 17.6 Å². The maximum absolute atomic E-state index is 12.8. The van der Waals surface area contributed by atoms with Gasteiger partial charge in [0, 0.05) is 17.6 Å². The van der Waals surface area contributed by atoms with Crippen LogP contribution in [0.2, 0.25) is 0 Å². The zero-order valence-corrected chi connectivity index (χ0v) is 17.3. The van der Waals surface area contributed by atoms with E-state index in [-0.39, 0.29) is 53.8 Å². The highest BCUT2D eigenvalue weighted by molar-refractivity contribution is 8.14. The molecule has 0 radical (unpaired) electrons. The van der Waals surface area contributed by atoms with Crippen molar-refractivity contribution in [2.45, 2.75) is 50.7 Å². The molecule has 8 heteroatoms. The number of rotatable bonds is 4. The molecule has 2 atom stereocenters. The van der Waals surface area contributed by atoms with E-state index in [1.807, 2.05) is 6.07 Å². The fourth-order valence-corrected chi connectivity index (χ4v) is 5.51. The third-order valence-corrected chi connectivity index (χ3v) is 6.90. The molecule has 1 saturated heterocycles. The normalized spacial score (nSPS) is 29.4. The highest BCUT2D eigenvalue weighted by Gasteiger charge is 2.40. The summed E-state index contributed by atoms with van der Waals surface area (Å²) in [6.07, 6.45) is 5.45. The molecule has 3 aliphatic rings. The summed E-state index contributed by atoms with van der Waals surface area (Å²) < 4.78 is 0. The number of benzene rings is 1. The van der Waals surface area contributed by atoms with Gasteiger partial charge in [0.2, 0.25) is 5.91 Å². The first-order chi connectivity index (χ1) is 13.0. The average molecular weight is 424 g/mol. The highest BCUT2D eigenvalue weighted by Crippen LogP contribution is 2.39. The smallest absolute Gasteiger partial charge is 0.289 e. The summed E-state index contributed by atoms with van der Waals surface area (Å²) in [5.74, 6) is 0.882. The van der Waals surface area contributed by atoms with Gasteiger partial charge in [-0.1, -0.05) is 30.3 Å². The van der Waals surface area contributed by atoms with E-state index in [9.17, 15) is 14.4 Å². The van der Waals surface area contributed by atoms with E-state index in [0.717, 1.165) is 43.0 Å². The van der Waals surface area contributed by atoms with Crippen LogP contribution in [0.3, 0.4) is 0 Å². The molecule has 152 valence electrons. The van der Waals surface area contributed by atoms with Crippen molar-refractivity contribution in [1.29, 1.82) is 0 Å². The lowest BCUT2D eigenvalue weighted by Gasteiger charge is -2.45. The Kier molecular flexibility index (Phi) is 6.68. The van der Waals surface area contributed by atoms with Gasteiger partial charge >= 0.3 is 0 Å². The SMILES string of the molecule is Cl.NC1CC2CCCC(C1)C2NC(=O)c1cccc(CN2C(=O)CSC2=O)c1. The molecule has 1 aliphatic heterocycles. The Morgan fingerprint density at radius 1 is 1.21 bits per heavy atom. The summed E-state index contributed by atoms with van der Waals surface area (Å²) in [4.78, 5) is 37.7. The molecule has 4 rings (SSSR count). The molecule has 2 saturated carbocycles. The predicted octanol–water partition coefficient (Wildman–Crippen LogP) is 2.94. The summed E-state index contributed by atoms with van der Waals surface area (Å²) in [6.45, 7) is 0.218. The van der Waals surface area contributed by atoms with Gasteiger partial charge < -0.3 is 11.1 Å². The van der Waals surface area contributed by atoms with E-state index in [1.165, 1.54) is 11.3 Å². The number of carbonyl (C=O) groups is 3. The molecule has 3 fully saturated rings. The molecule has 0 aromatic heterocycles. The van der Waals surface area contributed by atoms with Gasteiger partial charge in [0.15, 0.2) is 0 Å².